The van der Waals surface area contributed by atoms with Gasteiger partial charge in [-0.15, -0.1) is 0 Å². The molecule has 7 heteroatoms. The van der Waals surface area contributed by atoms with Crippen LogP contribution in [0.15, 0.2) is 42.5 Å². The highest BCUT2D eigenvalue weighted by Crippen LogP contribution is 2.36. The first-order valence-electron chi connectivity index (χ1n) is 10.4. The SMILES string of the molecule is CCOc1c(Cl)cc(/C=C/C(=O)NCc2ccc(CN3CCOCC3)cc2)cc1OC. The van der Waals surface area contributed by atoms with E-state index in [2.05, 4.69) is 34.5 Å². The topological polar surface area (TPSA) is 60.0 Å². The molecule has 31 heavy (non-hydrogen) atoms. The highest BCUT2D eigenvalue weighted by molar-refractivity contribution is 6.32. The second-order valence-corrected chi connectivity index (χ2v) is 7.63. The monoisotopic (exact) mass is 444 g/mol. The van der Waals surface area contributed by atoms with Crippen LogP contribution in [0.3, 0.4) is 0 Å². The van der Waals surface area contributed by atoms with Gasteiger partial charge in [0.05, 0.1) is 32.0 Å². The Morgan fingerprint density at radius 3 is 2.58 bits per heavy atom. The molecule has 0 aromatic heterocycles. The third kappa shape index (κ3) is 6.99. The van der Waals surface area contributed by atoms with E-state index < -0.39 is 0 Å². The molecule has 0 unspecified atom stereocenters. The molecule has 0 spiro atoms. The number of carbonyl (C=O) groups excluding carboxylic acids is 1. The van der Waals surface area contributed by atoms with Crippen molar-refractivity contribution in [2.45, 2.75) is 20.0 Å². The molecule has 1 aliphatic rings. The van der Waals surface area contributed by atoms with Crippen LogP contribution in [0.25, 0.3) is 6.08 Å². The van der Waals surface area contributed by atoms with E-state index in [4.69, 9.17) is 25.8 Å². The van der Waals surface area contributed by atoms with E-state index in [1.54, 1.807) is 25.3 Å². The Hall–Kier alpha value is -2.54. The van der Waals surface area contributed by atoms with Crippen LogP contribution in [0.1, 0.15) is 23.6 Å². The highest BCUT2D eigenvalue weighted by Gasteiger charge is 2.11. The van der Waals surface area contributed by atoms with E-state index in [1.807, 2.05) is 6.92 Å². The van der Waals surface area contributed by atoms with Crippen LogP contribution in [-0.4, -0.2) is 50.8 Å². The predicted octanol–water partition coefficient (Wildman–Crippen LogP) is 3.91. The Bertz CT molecular complexity index is 893. The number of rotatable bonds is 9. The van der Waals surface area contributed by atoms with E-state index in [9.17, 15) is 4.79 Å². The van der Waals surface area contributed by atoms with Crippen molar-refractivity contribution in [2.24, 2.45) is 0 Å². The Labute approximate surface area is 188 Å². The van der Waals surface area contributed by atoms with Crippen LogP contribution in [0.4, 0.5) is 0 Å². The van der Waals surface area contributed by atoms with Gasteiger partial charge in [-0.1, -0.05) is 35.9 Å². The van der Waals surface area contributed by atoms with E-state index in [1.165, 1.54) is 11.6 Å². The second-order valence-electron chi connectivity index (χ2n) is 7.22. The Kier molecular flexibility index (Phi) is 8.76. The number of halogens is 1. The third-order valence-corrected chi connectivity index (χ3v) is 5.25. The number of hydrogen-bond donors (Lipinski definition) is 1. The third-order valence-electron chi connectivity index (χ3n) is 4.97. The lowest BCUT2D eigenvalue weighted by molar-refractivity contribution is -0.116. The zero-order valence-electron chi connectivity index (χ0n) is 18.0. The summed E-state index contributed by atoms with van der Waals surface area (Å²) in [5, 5.41) is 3.35. The van der Waals surface area contributed by atoms with Gasteiger partial charge in [0.2, 0.25) is 5.91 Å². The zero-order chi connectivity index (χ0) is 22.1. The molecular formula is C24H29ClN2O4. The number of amides is 1. The molecule has 2 aromatic rings. The maximum Gasteiger partial charge on any atom is 0.244 e. The highest BCUT2D eigenvalue weighted by atomic mass is 35.5. The molecule has 0 saturated carbocycles. The molecule has 0 aliphatic carbocycles. The number of carbonyl (C=O) groups is 1. The van der Waals surface area contributed by atoms with Gasteiger partial charge in [-0.25, -0.2) is 0 Å². The molecule has 0 bridgehead atoms. The first-order valence-corrected chi connectivity index (χ1v) is 10.8. The average Bonchev–Trinajstić information content (AvgIpc) is 2.79. The molecule has 0 radical (unpaired) electrons. The summed E-state index contributed by atoms with van der Waals surface area (Å²) in [5.74, 6) is 0.860. The summed E-state index contributed by atoms with van der Waals surface area (Å²) in [6, 6.07) is 11.9. The van der Waals surface area contributed by atoms with E-state index in [0.717, 1.165) is 44.0 Å². The van der Waals surface area contributed by atoms with E-state index in [-0.39, 0.29) is 5.91 Å². The second kappa shape index (κ2) is 11.7. The molecule has 1 amide bonds. The molecule has 3 rings (SSSR count). The smallest absolute Gasteiger partial charge is 0.244 e. The quantitative estimate of drug-likeness (QED) is 0.594. The number of benzene rings is 2. The van der Waals surface area contributed by atoms with Crippen molar-refractivity contribution in [3.05, 3.63) is 64.2 Å². The standard InChI is InChI=1S/C24H29ClN2O4/c1-3-31-24-21(25)14-20(15-22(24)29-2)8-9-23(28)26-16-18-4-6-19(7-5-18)17-27-10-12-30-13-11-27/h4-9,14-15H,3,10-13,16-17H2,1-2H3,(H,26,28)/b9-8+. The molecule has 166 valence electrons. The molecule has 6 nitrogen and oxygen atoms in total. The fourth-order valence-corrected chi connectivity index (χ4v) is 3.59. The van der Waals surface area contributed by atoms with Crippen molar-refractivity contribution < 1.29 is 19.0 Å². The predicted molar refractivity (Wildman–Crippen MR) is 123 cm³/mol. The summed E-state index contributed by atoms with van der Waals surface area (Å²) in [6.45, 7) is 7.29. The number of nitrogens with zero attached hydrogens (tertiary/aromatic N) is 1. The molecular weight excluding hydrogens is 416 g/mol. The largest absolute Gasteiger partial charge is 0.493 e. The normalized spacial score (nSPS) is 14.5. The minimum atomic E-state index is -0.179. The van der Waals surface area contributed by atoms with Gasteiger partial charge in [-0.3, -0.25) is 9.69 Å². The van der Waals surface area contributed by atoms with Gasteiger partial charge >= 0.3 is 0 Å². The van der Waals surface area contributed by atoms with Crippen LogP contribution < -0.4 is 14.8 Å². The Morgan fingerprint density at radius 1 is 1.19 bits per heavy atom. The molecule has 1 saturated heterocycles. The lowest BCUT2D eigenvalue weighted by Gasteiger charge is -2.26. The minimum absolute atomic E-state index is 0.179. The number of methoxy groups -OCH3 is 1. The number of nitrogens with one attached hydrogen (secondary N) is 1. The van der Waals surface area contributed by atoms with Crippen molar-refractivity contribution in [3.63, 3.8) is 0 Å². The maximum atomic E-state index is 12.2. The van der Waals surface area contributed by atoms with E-state index in [0.29, 0.717) is 29.7 Å². The minimum Gasteiger partial charge on any atom is -0.493 e. The zero-order valence-corrected chi connectivity index (χ0v) is 18.8. The number of ether oxygens (including phenoxy) is 3. The maximum absolute atomic E-state index is 12.2. The van der Waals surface area contributed by atoms with Gasteiger partial charge in [-0.2, -0.15) is 0 Å². The molecule has 1 heterocycles. The summed E-state index contributed by atoms with van der Waals surface area (Å²) in [7, 11) is 1.56. The first kappa shape index (κ1) is 23.1. The summed E-state index contributed by atoms with van der Waals surface area (Å²) in [6.07, 6.45) is 3.18. The van der Waals surface area contributed by atoms with Gasteiger partial charge in [0.15, 0.2) is 11.5 Å². The molecule has 1 aliphatic heterocycles. The van der Waals surface area contributed by atoms with Crippen LogP contribution >= 0.6 is 11.6 Å². The summed E-state index contributed by atoms with van der Waals surface area (Å²) >= 11 is 6.27. The van der Waals surface area contributed by atoms with Crippen molar-refractivity contribution in [1.82, 2.24) is 10.2 Å². The van der Waals surface area contributed by atoms with Gasteiger partial charge < -0.3 is 19.5 Å². The summed E-state index contributed by atoms with van der Waals surface area (Å²) < 4.78 is 16.2. The number of hydrogen-bond acceptors (Lipinski definition) is 5. The van der Waals surface area contributed by atoms with Crippen molar-refractivity contribution >= 4 is 23.6 Å². The molecule has 2 aromatic carbocycles. The molecule has 0 atom stereocenters. The van der Waals surface area contributed by atoms with Crippen LogP contribution in [0, 0.1) is 0 Å². The van der Waals surface area contributed by atoms with Crippen LogP contribution in [0.2, 0.25) is 5.02 Å². The van der Waals surface area contributed by atoms with Gasteiger partial charge in [-0.05, 0) is 41.8 Å². The van der Waals surface area contributed by atoms with Crippen molar-refractivity contribution in [2.75, 3.05) is 40.0 Å². The summed E-state index contributed by atoms with van der Waals surface area (Å²) in [4.78, 5) is 14.6. The first-order chi connectivity index (χ1) is 15.1. The van der Waals surface area contributed by atoms with E-state index >= 15 is 0 Å². The summed E-state index contributed by atoms with van der Waals surface area (Å²) in [5.41, 5.74) is 3.07. The fourth-order valence-electron chi connectivity index (χ4n) is 3.32. The van der Waals surface area contributed by atoms with Gasteiger partial charge in [0.25, 0.3) is 0 Å². The molecule has 1 N–H and O–H groups in total. The fraction of sp³-hybridized carbons (Fsp3) is 0.375. The van der Waals surface area contributed by atoms with Crippen molar-refractivity contribution in [1.29, 1.82) is 0 Å². The van der Waals surface area contributed by atoms with Crippen LogP contribution in [0.5, 0.6) is 11.5 Å². The average molecular weight is 445 g/mol. The molecule has 1 fully saturated rings. The lowest BCUT2D eigenvalue weighted by atomic mass is 10.1. The van der Waals surface area contributed by atoms with Gasteiger partial charge in [0, 0.05) is 32.3 Å². The van der Waals surface area contributed by atoms with Gasteiger partial charge in [0.1, 0.15) is 0 Å². The van der Waals surface area contributed by atoms with Crippen LogP contribution in [-0.2, 0) is 22.6 Å². The Balaban J connectivity index is 1.51. The lowest BCUT2D eigenvalue weighted by Crippen LogP contribution is -2.35. The number of morpholine rings is 1. The Morgan fingerprint density at radius 2 is 1.90 bits per heavy atom. The van der Waals surface area contributed by atoms with Crippen molar-refractivity contribution in [3.8, 4) is 11.5 Å².